The number of methoxy groups -OCH3 is 1. The highest BCUT2D eigenvalue weighted by atomic mass is 19.1. The van der Waals surface area contributed by atoms with Crippen molar-refractivity contribution in [3.05, 3.63) is 48.3 Å². The van der Waals surface area contributed by atoms with Crippen LogP contribution in [0.3, 0.4) is 0 Å². The third-order valence-electron chi connectivity index (χ3n) is 2.41. The van der Waals surface area contributed by atoms with E-state index in [1.165, 1.54) is 12.1 Å². The first-order chi connectivity index (χ1) is 8.19. The van der Waals surface area contributed by atoms with Gasteiger partial charge >= 0.3 is 0 Å². The van der Waals surface area contributed by atoms with Crippen molar-refractivity contribution >= 4 is 13.3 Å². The van der Waals surface area contributed by atoms with E-state index < -0.39 is 0 Å². The Bertz CT molecular complexity index is 529. The molecule has 86 valence electrons. The van der Waals surface area contributed by atoms with Gasteiger partial charge in [0.2, 0.25) is 0 Å². The minimum absolute atomic E-state index is 0.318. The topological polar surface area (TPSA) is 18.5 Å². The monoisotopic (exact) mass is 230 g/mol. The molecule has 0 aliphatic rings. The van der Waals surface area contributed by atoms with Crippen LogP contribution in [0.4, 0.5) is 4.39 Å². The van der Waals surface area contributed by atoms with Gasteiger partial charge in [-0.15, -0.1) is 0 Å². The van der Waals surface area contributed by atoms with Crippen LogP contribution in [0, 0.1) is 5.82 Å². The summed E-state index contributed by atoms with van der Waals surface area (Å²) in [6.07, 6.45) is 0. The number of hydrogen-bond acceptors (Lipinski definition) is 2. The molecular formula is C13H12BFO2. The summed E-state index contributed by atoms with van der Waals surface area (Å²) >= 11 is 0. The zero-order valence-corrected chi connectivity index (χ0v) is 9.74. The Morgan fingerprint density at radius 3 is 2.53 bits per heavy atom. The van der Waals surface area contributed by atoms with Gasteiger partial charge < -0.3 is 9.47 Å². The average Bonchev–Trinajstić information content (AvgIpc) is 2.32. The van der Waals surface area contributed by atoms with E-state index in [4.69, 9.17) is 9.47 Å². The second kappa shape index (κ2) is 4.91. The molecule has 2 aromatic carbocycles. The lowest BCUT2D eigenvalue weighted by Gasteiger charge is -2.09. The molecule has 0 unspecified atom stereocenters. The molecular weight excluding hydrogens is 218 g/mol. The van der Waals surface area contributed by atoms with Crippen LogP contribution in [-0.2, 0) is 0 Å². The van der Waals surface area contributed by atoms with Crippen LogP contribution in [-0.4, -0.2) is 15.0 Å². The molecule has 0 saturated heterocycles. The summed E-state index contributed by atoms with van der Waals surface area (Å²) in [4.78, 5) is 0. The summed E-state index contributed by atoms with van der Waals surface area (Å²) in [7, 11) is 3.55. The highest BCUT2D eigenvalue weighted by Gasteiger charge is 2.03. The number of benzene rings is 2. The first-order valence-corrected chi connectivity index (χ1v) is 5.27. The third-order valence-corrected chi connectivity index (χ3v) is 2.41. The summed E-state index contributed by atoms with van der Waals surface area (Å²) in [6, 6.07) is 11.5. The molecule has 0 amide bonds. The van der Waals surface area contributed by atoms with Gasteiger partial charge in [-0.2, -0.15) is 0 Å². The van der Waals surface area contributed by atoms with Crippen molar-refractivity contribution in [3.8, 4) is 17.2 Å². The summed E-state index contributed by atoms with van der Waals surface area (Å²) in [5.41, 5.74) is 1.03. The van der Waals surface area contributed by atoms with Crippen molar-refractivity contribution < 1.29 is 13.9 Å². The van der Waals surface area contributed by atoms with Gasteiger partial charge in [0.15, 0.2) is 0 Å². The van der Waals surface area contributed by atoms with Gasteiger partial charge in [-0.1, -0.05) is 12.1 Å². The van der Waals surface area contributed by atoms with E-state index in [-0.39, 0.29) is 5.82 Å². The fraction of sp³-hybridized carbons (Fsp3) is 0.0769. The van der Waals surface area contributed by atoms with Crippen LogP contribution in [0.25, 0.3) is 0 Å². The zero-order chi connectivity index (χ0) is 12.3. The van der Waals surface area contributed by atoms with Crippen molar-refractivity contribution in [2.24, 2.45) is 0 Å². The Morgan fingerprint density at radius 1 is 1.06 bits per heavy atom. The fourth-order valence-electron chi connectivity index (χ4n) is 1.53. The van der Waals surface area contributed by atoms with E-state index in [1.807, 2.05) is 20.0 Å². The Kier molecular flexibility index (Phi) is 3.33. The normalized spacial score (nSPS) is 10.0. The van der Waals surface area contributed by atoms with Gasteiger partial charge in [0, 0.05) is 12.1 Å². The molecule has 2 nitrogen and oxygen atoms in total. The van der Waals surface area contributed by atoms with Gasteiger partial charge in [-0.3, -0.25) is 0 Å². The molecule has 0 aliphatic heterocycles. The van der Waals surface area contributed by atoms with Crippen molar-refractivity contribution in [3.63, 3.8) is 0 Å². The maximum absolute atomic E-state index is 13.0. The summed E-state index contributed by atoms with van der Waals surface area (Å²) < 4.78 is 23.7. The Hall–Kier alpha value is -1.97. The predicted octanol–water partition coefficient (Wildman–Crippen LogP) is 1.88. The maximum Gasteiger partial charge on any atom is 0.144 e. The molecule has 0 bridgehead atoms. The van der Waals surface area contributed by atoms with Crippen molar-refractivity contribution in [1.82, 2.24) is 0 Å². The maximum atomic E-state index is 13.0. The Balaban J connectivity index is 2.24. The van der Waals surface area contributed by atoms with Crippen LogP contribution < -0.4 is 14.9 Å². The summed E-state index contributed by atoms with van der Waals surface area (Å²) in [6.45, 7) is 0. The van der Waals surface area contributed by atoms with Crippen LogP contribution in [0.5, 0.6) is 17.2 Å². The Labute approximate surface area is 100 Å². The first-order valence-electron chi connectivity index (χ1n) is 5.27. The van der Waals surface area contributed by atoms with E-state index in [2.05, 4.69) is 0 Å². The fourth-order valence-corrected chi connectivity index (χ4v) is 1.53. The molecule has 17 heavy (non-hydrogen) atoms. The van der Waals surface area contributed by atoms with Crippen LogP contribution in [0.15, 0.2) is 42.5 Å². The van der Waals surface area contributed by atoms with Gasteiger partial charge in [-0.25, -0.2) is 4.39 Å². The molecule has 0 fully saturated rings. The number of hydrogen-bond donors (Lipinski definition) is 0. The molecule has 2 rings (SSSR count). The number of halogens is 1. The predicted molar refractivity (Wildman–Crippen MR) is 67.6 cm³/mol. The van der Waals surface area contributed by atoms with Crippen LogP contribution in [0.2, 0.25) is 0 Å². The van der Waals surface area contributed by atoms with Gasteiger partial charge in [0.25, 0.3) is 0 Å². The largest absolute Gasteiger partial charge is 0.497 e. The highest BCUT2D eigenvalue weighted by molar-refractivity contribution is 6.34. The van der Waals surface area contributed by atoms with Gasteiger partial charge in [0.1, 0.15) is 30.9 Å². The van der Waals surface area contributed by atoms with E-state index in [1.54, 1.807) is 25.3 Å². The lowest BCUT2D eigenvalue weighted by Crippen LogP contribution is -2.06. The third kappa shape index (κ3) is 2.78. The molecule has 0 N–H and O–H groups in total. The first kappa shape index (κ1) is 11.5. The van der Waals surface area contributed by atoms with Crippen LogP contribution >= 0.6 is 0 Å². The summed E-state index contributed by atoms with van der Waals surface area (Å²) in [5, 5.41) is 0. The molecule has 4 heteroatoms. The molecule has 0 aromatic heterocycles. The smallest absolute Gasteiger partial charge is 0.144 e. The molecule has 0 aliphatic carbocycles. The van der Waals surface area contributed by atoms with E-state index >= 15 is 0 Å². The van der Waals surface area contributed by atoms with Crippen molar-refractivity contribution in [2.75, 3.05) is 7.11 Å². The second-order valence-corrected chi connectivity index (χ2v) is 3.69. The minimum atomic E-state index is -0.318. The second-order valence-electron chi connectivity index (χ2n) is 3.69. The van der Waals surface area contributed by atoms with Gasteiger partial charge in [0.05, 0.1) is 7.11 Å². The lowest BCUT2D eigenvalue weighted by atomic mass is 9.95. The quantitative estimate of drug-likeness (QED) is 0.749. The summed E-state index contributed by atoms with van der Waals surface area (Å²) in [5.74, 6) is 1.52. The van der Waals surface area contributed by atoms with E-state index in [0.717, 1.165) is 11.2 Å². The average molecular weight is 230 g/mol. The minimum Gasteiger partial charge on any atom is -0.497 e. The van der Waals surface area contributed by atoms with Crippen LogP contribution in [0.1, 0.15) is 0 Å². The number of ether oxygens (including phenoxy) is 2. The van der Waals surface area contributed by atoms with E-state index in [0.29, 0.717) is 11.5 Å². The number of rotatable bonds is 3. The Morgan fingerprint density at radius 2 is 1.82 bits per heavy atom. The molecule has 2 aromatic rings. The standard InChI is InChI=1S/C13H12BFO2/c1-16-13-8-11(5-6-12(13)14)17-10-4-2-3-9(15)7-10/h2-8H,14H2,1H3. The van der Waals surface area contributed by atoms with Crippen molar-refractivity contribution in [1.29, 1.82) is 0 Å². The molecule has 0 radical (unpaired) electrons. The molecule has 0 atom stereocenters. The lowest BCUT2D eigenvalue weighted by molar-refractivity contribution is 0.412. The van der Waals surface area contributed by atoms with E-state index in [9.17, 15) is 4.39 Å². The molecule has 0 spiro atoms. The molecule has 0 saturated carbocycles. The zero-order valence-electron chi connectivity index (χ0n) is 9.74. The SMILES string of the molecule is Bc1ccc(Oc2cccc(F)c2)cc1OC. The highest BCUT2D eigenvalue weighted by Crippen LogP contribution is 2.24. The van der Waals surface area contributed by atoms with Crippen molar-refractivity contribution in [2.45, 2.75) is 0 Å². The van der Waals surface area contributed by atoms with Gasteiger partial charge in [-0.05, 0) is 23.7 Å². The molecule has 0 heterocycles.